The zero-order valence-electron chi connectivity index (χ0n) is 24.0. The Labute approximate surface area is 250 Å². The van der Waals surface area contributed by atoms with Crippen molar-refractivity contribution in [3.05, 3.63) is 70.6 Å². The molecule has 0 aliphatic heterocycles. The van der Waals surface area contributed by atoms with Gasteiger partial charge in [0.15, 0.2) is 0 Å². The summed E-state index contributed by atoms with van der Waals surface area (Å²) < 4.78 is 97.1. The van der Waals surface area contributed by atoms with E-state index in [0.717, 1.165) is 30.9 Å². The third-order valence-electron chi connectivity index (χ3n) is 9.05. The molecule has 0 heterocycles. The normalized spacial score (nSPS) is 24.3. The fraction of sp³-hybridized carbons (Fsp3) is 0.500. The number of methoxy groups -OCH3 is 1. The number of hydrogen-bond donors (Lipinski definition) is 2. The monoisotopic (exact) mass is 626 g/mol. The van der Waals surface area contributed by atoms with E-state index < -0.39 is 53.9 Å². The molecule has 3 saturated carbocycles. The van der Waals surface area contributed by atoms with Gasteiger partial charge in [0, 0.05) is 24.1 Å². The zero-order chi connectivity index (χ0) is 31.8. The van der Waals surface area contributed by atoms with Crippen LogP contribution in [0, 0.1) is 29.5 Å². The van der Waals surface area contributed by atoms with Gasteiger partial charge in [-0.25, -0.2) is 4.39 Å². The second-order valence-corrected chi connectivity index (χ2v) is 11.9. The lowest BCUT2D eigenvalue weighted by Crippen LogP contribution is -2.48. The van der Waals surface area contributed by atoms with Gasteiger partial charge in [-0.05, 0) is 86.3 Å². The Morgan fingerprint density at radius 3 is 2.34 bits per heavy atom. The van der Waals surface area contributed by atoms with Crippen molar-refractivity contribution in [1.82, 2.24) is 5.32 Å². The van der Waals surface area contributed by atoms with Crippen LogP contribution in [0.5, 0.6) is 5.75 Å². The van der Waals surface area contributed by atoms with Crippen molar-refractivity contribution in [3.8, 4) is 5.75 Å². The fourth-order valence-corrected chi connectivity index (χ4v) is 6.76. The van der Waals surface area contributed by atoms with Gasteiger partial charge >= 0.3 is 12.4 Å². The van der Waals surface area contributed by atoms with Crippen LogP contribution in [0.3, 0.4) is 0 Å². The lowest BCUT2D eigenvalue weighted by atomic mass is 9.82. The number of halogens is 7. The zero-order valence-corrected chi connectivity index (χ0v) is 24.0. The van der Waals surface area contributed by atoms with E-state index in [4.69, 9.17) is 4.74 Å². The van der Waals surface area contributed by atoms with Crippen molar-refractivity contribution in [3.63, 3.8) is 0 Å². The number of allylic oxidation sites excluding steroid dienone is 1. The van der Waals surface area contributed by atoms with E-state index in [-0.39, 0.29) is 41.7 Å². The molecular formula is C32H33F7N2O3. The predicted molar refractivity (Wildman–Crippen MR) is 148 cm³/mol. The van der Waals surface area contributed by atoms with Gasteiger partial charge in [-0.3, -0.25) is 9.59 Å². The number of hydrogen-bond acceptors (Lipinski definition) is 3. The molecule has 44 heavy (non-hydrogen) atoms. The number of carbonyl (C=O) groups excluding carboxylic acids is 2. The lowest BCUT2D eigenvalue weighted by molar-refractivity contribution is -0.140. The second kappa shape index (κ2) is 12.4. The van der Waals surface area contributed by atoms with Crippen molar-refractivity contribution in [1.29, 1.82) is 0 Å². The van der Waals surface area contributed by atoms with Gasteiger partial charge in [-0.2, -0.15) is 26.3 Å². The molecule has 2 aromatic rings. The molecule has 0 spiro atoms. The quantitative estimate of drug-likeness (QED) is 0.220. The molecule has 2 amide bonds. The maximum atomic E-state index is 13.9. The molecule has 0 saturated heterocycles. The Hall–Kier alpha value is -3.57. The highest BCUT2D eigenvalue weighted by Crippen LogP contribution is 2.54. The summed E-state index contributed by atoms with van der Waals surface area (Å²) in [5, 5.41) is 5.49. The first-order chi connectivity index (χ1) is 20.7. The number of amides is 2. The largest absolute Gasteiger partial charge is 0.496 e. The molecule has 238 valence electrons. The molecule has 2 aromatic carbocycles. The first kappa shape index (κ1) is 31.8. The molecule has 0 aromatic heterocycles. The first-order valence-electron chi connectivity index (χ1n) is 14.7. The van der Waals surface area contributed by atoms with E-state index in [1.807, 2.05) is 0 Å². The van der Waals surface area contributed by atoms with E-state index in [1.165, 1.54) is 19.2 Å². The Bertz CT molecular complexity index is 1430. The minimum Gasteiger partial charge on any atom is -0.496 e. The Morgan fingerprint density at radius 2 is 1.70 bits per heavy atom. The average molecular weight is 627 g/mol. The highest BCUT2D eigenvalue weighted by Gasteiger charge is 2.55. The number of anilines is 1. The van der Waals surface area contributed by atoms with Gasteiger partial charge in [0.25, 0.3) is 5.91 Å². The highest BCUT2D eigenvalue weighted by molar-refractivity contribution is 5.99. The van der Waals surface area contributed by atoms with Crippen molar-refractivity contribution in [2.24, 2.45) is 23.7 Å². The maximum Gasteiger partial charge on any atom is 0.419 e. The summed E-state index contributed by atoms with van der Waals surface area (Å²) >= 11 is 0. The molecule has 0 radical (unpaired) electrons. The average Bonchev–Trinajstić information content (AvgIpc) is 3.45. The van der Waals surface area contributed by atoms with Crippen LogP contribution in [0.25, 0.3) is 0 Å². The van der Waals surface area contributed by atoms with Crippen LogP contribution in [-0.4, -0.2) is 31.1 Å². The lowest BCUT2D eigenvalue weighted by Gasteiger charge is -2.30. The summed E-state index contributed by atoms with van der Waals surface area (Å²) in [6, 6.07) is 6.16. The Morgan fingerprint density at radius 1 is 0.977 bits per heavy atom. The standard InChI is InChI=1S/C32H33F7N2O3/c1-44-26-12-7-18(6-3-13-31(34,35)36)15-23(26)29(42)41-28-21-10-9-20(22(21)14-17-4-2-5-17)27(28)30(43)40-19-8-11-25(33)24(16-19)32(37,38)39/h7-8,11-12,14-17,20-21,27-28H,2-6,9-10,13H2,1H3,(H,40,43)(H,41,42)/b22-14-. The maximum absolute atomic E-state index is 13.9. The number of fused-ring (bicyclic) bond motifs is 2. The summed E-state index contributed by atoms with van der Waals surface area (Å²) in [6.45, 7) is 0. The summed E-state index contributed by atoms with van der Waals surface area (Å²) in [6.07, 6.45) is -3.57. The third kappa shape index (κ3) is 6.89. The van der Waals surface area contributed by atoms with Gasteiger partial charge in [-0.15, -0.1) is 0 Å². The van der Waals surface area contributed by atoms with Gasteiger partial charge in [0.1, 0.15) is 11.6 Å². The molecule has 12 heteroatoms. The van der Waals surface area contributed by atoms with Crippen LogP contribution >= 0.6 is 0 Å². The van der Waals surface area contributed by atoms with Crippen molar-refractivity contribution in [2.45, 2.75) is 69.8 Å². The minimum absolute atomic E-state index is 0.0921. The number of carbonyl (C=O) groups is 2. The second-order valence-electron chi connectivity index (χ2n) is 11.9. The molecule has 2 bridgehead atoms. The van der Waals surface area contributed by atoms with E-state index in [9.17, 15) is 40.3 Å². The molecule has 2 N–H and O–H groups in total. The third-order valence-corrected chi connectivity index (χ3v) is 9.05. The molecule has 3 aliphatic rings. The topological polar surface area (TPSA) is 67.4 Å². The molecule has 3 fully saturated rings. The SMILES string of the molecule is COc1ccc(CCCC(F)(F)F)cc1C(=O)NC1C2CCC(/C2=C/C2CCC2)C1C(=O)Nc1ccc(F)c(C(F)(F)F)c1. The van der Waals surface area contributed by atoms with Crippen LogP contribution in [0.2, 0.25) is 0 Å². The summed E-state index contributed by atoms with van der Waals surface area (Å²) in [7, 11) is 1.36. The molecule has 4 atom stereocenters. The molecule has 3 aliphatic carbocycles. The van der Waals surface area contributed by atoms with Crippen LogP contribution in [-0.2, 0) is 17.4 Å². The molecule has 4 unspecified atom stereocenters. The van der Waals surface area contributed by atoms with Gasteiger partial charge in [0.2, 0.25) is 5.91 Å². The summed E-state index contributed by atoms with van der Waals surface area (Å²) in [4.78, 5) is 27.4. The number of nitrogens with one attached hydrogen (secondary N) is 2. The van der Waals surface area contributed by atoms with Crippen molar-refractivity contribution >= 4 is 17.5 Å². The number of ether oxygens (including phenoxy) is 1. The Balaban J connectivity index is 1.40. The highest BCUT2D eigenvalue weighted by atomic mass is 19.4. The van der Waals surface area contributed by atoms with E-state index in [1.54, 1.807) is 6.07 Å². The van der Waals surface area contributed by atoms with E-state index in [2.05, 4.69) is 16.7 Å². The smallest absolute Gasteiger partial charge is 0.419 e. The van der Waals surface area contributed by atoms with Crippen LogP contribution in [0.15, 0.2) is 48.0 Å². The van der Waals surface area contributed by atoms with Crippen LogP contribution < -0.4 is 15.4 Å². The van der Waals surface area contributed by atoms with E-state index in [0.29, 0.717) is 36.5 Å². The van der Waals surface area contributed by atoms with Crippen molar-refractivity contribution < 1.29 is 45.1 Å². The number of rotatable bonds is 9. The number of aryl methyl sites for hydroxylation is 1. The molecular weight excluding hydrogens is 593 g/mol. The van der Waals surface area contributed by atoms with E-state index >= 15 is 0 Å². The van der Waals surface area contributed by atoms with Crippen LogP contribution in [0.4, 0.5) is 36.4 Å². The van der Waals surface area contributed by atoms with Crippen molar-refractivity contribution in [2.75, 3.05) is 12.4 Å². The Kier molecular flexibility index (Phi) is 9.00. The molecule has 5 nitrogen and oxygen atoms in total. The molecule has 5 rings (SSSR count). The van der Waals surface area contributed by atoms with Gasteiger partial charge in [0.05, 0.1) is 24.2 Å². The summed E-state index contributed by atoms with van der Waals surface area (Å²) in [5.74, 6) is -3.24. The summed E-state index contributed by atoms with van der Waals surface area (Å²) in [5.41, 5.74) is -0.0279. The van der Waals surface area contributed by atoms with Crippen LogP contribution in [0.1, 0.15) is 66.4 Å². The predicted octanol–water partition coefficient (Wildman–Crippen LogP) is 7.86. The van der Waals surface area contributed by atoms with Gasteiger partial charge < -0.3 is 15.4 Å². The number of benzene rings is 2. The first-order valence-corrected chi connectivity index (χ1v) is 14.7. The van der Waals surface area contributed by atoms with Gasteiger partial charge in [-0.1, -0.05) is 24.1 Å². The number of alkyl halides is 6. The minimum atomic E-state index is -4.95. The fourth-order valence-electron chi connectivity index (χ4n) is 6.76.